The lowest BCUT2D eigenvalue weighted by Crippen LogP contribution is -2.14. The molecule has 0 spiro atoms. The van der Waals surface area contributed by atoms with Crippen LogP contribution in [0.2, 0.25) is 5.02 Å². The van der Waals surface area contributed by atoms with Gasteiger partial charge in [-0.1, -0.05) is 29.8 Å². The first-order valence-corrected chi connectivity index (χ1v) is 9.52. The molecule has 150 valence electrons. The molecule has 0 aliphatic heterocycles. The Hall–Kier alpha value is -3.64. The van der Waals surface area contributed by atoms with E-state index in [1.54, 1.807) is 44.7 Å². The molecule has 0 saturated heterocycles. The molecular formula is C23H18ClN3O3. The molecule has 2 aromatic carbocycles. The third-order valence-electron chi connectivity index (χ3n) is 4.63. The average molecular weight is 420 g/mol. The minimum Gasteiger partial charge on any atom is -0.493 e. The molecule has 7 heteroatoms. The van der Waals surface area contributed by atoms with E-state index < -0.39 is 0 Å². The topological polar surface area (TPSA) is 73.3 Å². The molecular weight excluding hydrogens is 402 g/mol. The summed E-state index contributed by atoms with van der Waals surface area (Å²) in [6.45, 7) is 0. The molecule has 6 nitrogen and oxygen atoms in total. The van der Waals surface area contributed by atoms with Crippen LogP contribution in [0.3, 0.4) is 0 Å². The zero-order valence-corrected chi connectivity index (χ0v) is 17.1. The predicted octanol–water partition coefficient (Wildman–Crippen LogP) is 5.22. The van der Waals surface area contributed by atoms with Gasteiger partial charge >= 0.3 is 0 Å². The molecule has 4 rings (SSSR count). The molecule has 4 aromatic rings. The Balaban J connectivity index is 1.82. The molecule has 0 radical (unpaired) electrons. The van der Waals surface area contributed by atoms with Crippen molar-refractivity contribution in [2.45, 2.75) is 0 Å². The van der Waals surface area contributed by atoms with E-state index >= 15 is 0 Å². The number of para-hydroxylation sites is 1. The van der Waals surface area contributed by atoms with E-state index in [2.05, 4.69) is 10.3 Å². The van der Waals surface area contributed by atoms with Crippen LogP contribution in [-0.4, -0.2) is 30.1 Å². The number of nitrogens with zero attached hydrogens (tertiary/aromatic N) is 2. The Bertz CT molecular complexity index is 1240. The number of halogens is 1. The number of hydrogen-bond acceptors (Lipinski definition) is 5. The Kier molecular flexibility index (Phi) is 5.50. The second-order valence-electron chi connectivity index (χ2n) is 6.43. The molecule has 1 amide bonds. The van der Waals surface area contributed by atoms with Crippen molar-refractivity contribution >= 4 is 34.2 Å². The van der Waals surface area contributed by atoms with Gasteiger partial charge in [0.15, 0.2) is 17.3 Å². The van der Waals surface area contributed by atoms with Gasteiger partial charge in [0.05, 0.1) is 36.0 Å². The van der Waals surface area contributed by atoms with E-state index in [1.807, 2.05) is 36.4 Å². The summed E-state index contributed by atoms with van der Waals surface area (Å²) in [5.74, 6) is 1.18. The number of anilines is 1. The fraction of sp³-hybridized carbons (Fsp3) is 0.0870. The van der Waals surface area contributed by atoms with E-state index in [1.165, 1.54) is 0 Å². The van der Waals surface area contributed by atoms with Crippen molar-refractivity contribution < 1.29 is 14.3 Å². The van der Waals surface area contributed by atoms with Crippen molar-refractivity contribution in [1.82, 2.24) is 9.97 Å². The van der Waals surface area contributed by atoms with Crippen LogP contribution in [0, 0.1) is 0 Å². The number of methoxy groups -OCH3 is 2. The minimum atomic E-state index is -0.323. The van der Waals surface area contributed by atoms with Crippen molar-refractivity contribution in [1.29, 1.82) is 0 Å². The molecule has 0 aliphatic carbocycles. The predicted molar refractivity (Wildman–Crippen MR) is 117 cm³/mol. The number of fused-ring (bicyclic) bond motifs is 1. The summed E-state index contributed by atoms with van der Waals surface area (Å²) < 4.78 is 10.7. The van der Waals surface area contributed by atoms with Crippen LogP contribution in [0.1, 0.15) is 10.4 Å². The van der Waals surface area contributed by atoms with Crippen LogP contribution in [0.5, 0.6) is 11.5 Å². The number of amides is 1. The first-order chi connectivity index (χ1) is 14.6. The Morgan fingerprint density at radius 1 is 0.967 bits per heavy atom. The molecule has 0 atom stereocenters. The van der Waals surface area contributed by atoms with Crippen LogP contribution in [0.4, 0.5) is 5.82 Å². The summed E-state index contributed by atoms with van der Waals surface area (Å²) in [5, 5.41) is 3.88. The Labute approximate surface area is 178 Å². The van der Waals surface area contributed by atoms with Crippen LogP contribution in [-0.2, 0) is 0 Å². The van der Waals surface area contributed by atoms with Crippen LogP contribution >= 0.6 is 11.6 Å². The lowest BCUT2D eigenvalue weighted by Gasteiger charge is -2.12. The van der Waals surface area contributed by atoms with Crippen LogP contribution in [0.15, 0.2) is 66.9 Å². The molecule has 0 saturated carbocycles. The number of carbonyl (C=O) groups is 1. The maximum absolute atomic E-state index is 13.1. The fourth-order valence-electron chi connectivity index (χ4n) is 3.16. The van der Waals surface area contributed by atoms with Gasteiger partial charge in [-0.15, -0.1) is 0 Å². The second kappa shape index (κ2) is 8.39. The highest BCUT2D eigenvalue weighted by Crippen LogP contribution is 2.33. The Morgan fingerprint density at radius 3 is 2.53 bits per heavy atom. The molecule has 0 aliphatic rings. The summed E-state index contributed by atoms with van der Waals surface area (Å²) in [4.78, 5) is 22.0. The first kappa shape index (κ1) is 19.7. The number of ether oxygens (including phenoxy) is 2. The van der Waals surface area contributed by atoms with Gasteiger partial charge in [0.1, 0.15) is 0 Å². The molecule has 0 bridgehead atoms. The average Bonchev–Trinajstić information content (AvgIpc) is 2.79. The number of rotatable bonds is 5. The third-order valence-corrected chi connectivity index (χ3v) is 4.94. The highest BCUT2D eigenvalue weighted by Gasteiger charge is 2.16. The molecule has 30 heavy (non-hydrogen) atoms. The van der Waals surface area contributed by atoms with Crippen molar-refractivity contribution in [3.05, 3.63) is 77.4 Å². The lowest BCUT2D eigenvalue weighted by atomic mass is 10.0. The summed E-state index contributed by atoms with van der Waals surface area (Å²) in [7, 11) is 3.15. The van der Waals surface area contributed by atoms with Gasteiger partial charge in [-0.25, -0.2) is 9.97 Å². The monoisotopic (exact) mass is 419 g/mol. The van der Waals surface area contributed by atoms with Gasteiger partial charge in [-0.3, -0.25) is 4.79 Å². The summed E-state index contributed by atoms with van der Waals surface area (Å²) in [6.07, 6.45) is 1.57. The zero-order valence-electron chi connectivity index (χ0n) is 16.3. The number of pyridine rings is 2. The summed E-state index contributed by atoms with van der Waals surface area (Å²) >= 11 is 6.15. The number of nitrogens with one attached hydrogen (secondary N) is 1. The van der Waals surface area contributed by atoms with Crippen LogP contribution < -0.4 is 14.8 Å². The number of carbonyl (C=O) groups excluding carboxylic acids is 1. The van der Waals surface area contributed by atoms with E-state index in [0.717, 1.165) is 10.9 Å². The van der Waals surface area contributed by atoms with Crippen molar-refractivity contribution in [2.75, 3.05) is 19.5 Å². The van der Waals surface area contributed by atoms with Gasteiger partial charge in [-0.2, -0.15) is 0 Å². The number of hydrogen-bond donors (Lipinski definition) is 1. The zero-order chi connectivity index (χ0) is 21.1. The molecule has 2 heterocycles. The molecule has 0 unspecified atom stereocenters. The lowest BCUT2D eigenvalue weighted by molar-refractivity contribution is 0.102. The SMILES string of the molecule is COc1ccc(-c2cc(C(=O)Nc3ncccc3Cl)c3ccccc3n2)cc1OC. The quantitative estimate of drug-likeness (QED) is 0.480. The van der Waals surface area contributed by atoms with Crippen LogP contribution in [0.25, 0.3) is 22.2 Å². The van der Waals surface area contributed by atoms with Gasteiger partial charge in [-0.05, 0) is 42.5 Å². The largest absolute Gasteiger partial charge is 0.493 e. The van der Waals surface area contributed by atoms with Gasteiger partial charge < -0.3 is 14.8 Å². The van der Waals surface area contributed by atoms with Crippen molar-refractivity contribution in [3.8, 4) is 22.8 Å². The highest BCUT2D eigenvalue weighted by molar-refractivity contribution is 6.33. The minimum absolute atomic E-state index is 0.303. The second-order valence-corrected chi connectivity index (χ2v) is 6.84. The Morgan fingerprint density at radius 2 is 1.77 bits per heavy atom. The van der Waals surface area contributed by atoms with E-state index in [-0.39, 0.29) is 5.91 Å². The highest BCUT2D eigenvalue weighted by atomic mass is 35.5. The molecule has 1 N–H and O–H groups in total. The van der Waals surface area contributed by atoms with Crippen molar-refractivity contribution in [3.63, 3.8) is 0 Å². The number of benzene rings is 2. The first-order valence-electron chi connectivity index (χ1n) is 9.14. The van der Waals surface area contributed by atoms with Gasteiger partial charge in [0, 0.05) is 17.1 Å². The maximum Gasteiger partial charge on any atom is 0.257 e. The van der Waals surface area contributed by atoms with Gasteiger partial charge in [0.2, 0.25) is 0 Å². The number of aromatic nitrogens is 2. The third kappa shape index (κ3) is 3.77. The van der Waals surface area contributed by atoms with E-state index in [0.29, 0.717) is 39.1 Å². The smallest absolute Gasteiger partial charge is 0.257 e. The normalized spacial score (nSPS) is 10.6. The summed E-state index contributed by atoms with van der Waals surface area (Å²) in [5.41, 5.74) is 2.59. The fourth-order valence-corrected chi connectivity index (χ4v) is 3.33. The standard InChI is InChI=1S/C23H18ClN3O3/c1-29-20-10-9-14(12-21(20)30-2)19-13-16(15-6-3-4-8-18(15)26-19)23(28)27-22-17(24)7-5-11-25-22/h3-13H,1-2H3,(H,25,27,28). The summed E-state index contributed by atoms with van der Waals surface area (Å²) in [6, 6.07) is 18.1. The molecule has 2 aromatic heterocycles. The van der Waals surface area contributed by atoms with Gasteiger partial charge in [0.25, 0.3) is 5.91 Å². The van der Waals surface area contributed by atoms with E-state index in [9.17, 15) is 4.79 Å². The maximum atomic E-state index is 13.1. The molecule has 0 fully saturated rings. The van der Waals surface area contributed by atoms with E-state index in [4.69, 9.17) is 26.1 Å². The van der Waals surface area contributed by atoms with Crippen molar-refractivity contribution in [2.24, 2.45) is 0 Å².